The zero-order valence-electron chi connectivity index (χ0n) is 7.74. The van der Waals surface area contributed by atoms with Crippen LogP contribution in [-0.4, -0.2) is 13.6 Å². The summed E-state index contributed by atoms with van der Waals surface area (Å²) in [5.74, 6) is -1.14. The summed E-state index contributed by atoms with van der Waals surface area (Å²) in [5.41, 5.74) is 0.310. The summed E-state index contributed by atoms with van der Waals surface area (Å²) in [6.07, 6.45) is 1.81. The standard InChI is InChI=1S/C11H10BFO/c12-10(11(14)7-5-6-7)8-3-1-2-4-9(8)13/h1-4,7,10H,5-6H2. The molecule has 1 aliphatic carbocycles. The molecule has 0 aliphatic heterocycles. The quantitative estimate of drug-likeness (QED) is 0.663. The van der Waals surface area contributed by atoms with Gasteiger partial charge in [-0.3, -0.25) is 4.79 Å². The fraction of sp³-hybridized carbons (Fsp3) is 0.364. The SMILES string of the molecule is [B]C(C(=O)C1CC1)c1ccccc1F. The lowest BCUT2D eigenvalue weighted by molar-refractivity contribution is -0.120. The topological polar surface area (TPSA) is 17.1 Å². The summed E-state index contributed by atoms with van der Waals surface area (Å²) in [6.45, 7) is 0. The predicted octanol–water partition coefficient (Wildman–Crippen LogP) is 2.01. The molecule has 1 aliphatic rings. The van der Waals surface area contributed by atoms with Crippen molar-refractivity contribution in [3.63, 3.8) is 0 Å². The first-order chi connectivity index (χ1) is 6.70. The Kier molecular flexibility index (Phi) is 2.40. The fourth-order valence-corrected chi connectivity index (χ4v) is 1.50. The van der Waals surface area contributed by atoms with E-state index < -0.39 is 11.6 Å². The van der Waals surface area contributed by atoms with Crippen molar-refractivity contribution in [3.8, 4) is 0 Å². The highest BCUT2D eigenvalue weighted by Crippen LogP contribution is 2.34. The number of Topliss-reactive ketones (excluding diaryl/α,β-unsaturated/α-hetero) is 1. The van der Waals surface area contributed by atoms with Crippen molar-refractivity contribution < 1.29 is 9.18 Å². The van der Waals surface area contributed by atoms with Gasteiger partial charge >= 0.3 is 0 Å². The molecule has 0 saturated heterocycles. The highest BCUT2D eigenvalue weighted by molar-refractivity contribution is 6.25. The van der Waals surface area contributed by atoms with Gasteiger partial charge in [-0.15, -0.1) is 0 Å². The number of hydrogen-bond donors (Lipinski definition) is 0. The lowest BCUT2D eigenvalue weighted by Crippen LogP contribution is -2.15. The molecule has 14 heavy (non-hydrogen) atoms. The van der Waals surface area contributed by atoms with Gasteiger partial charge in [-0.2, -0.15) is 0 Å². The van der Waals surface area contributed by atoms with Crippen LogP contribution in [0.15, 0.2) is 24.3 Å². The molecule has 0 bridgehead atoms. The minimum atomic E-state index is -0.788. The summed E-state index contributed by atoms with van der Waals surface area (Å²) in [6, 6.07) is 6.18. The highest BCUT2D eigenvalue weighted by atomic mass is 19.1. The highest BCUT2D eigenvalue weighted by Gasteiger charge is 2.33. The van der Waals surface area contributed by atoms with Crippen LogP contribution in [0.3, 0.4) is 0 Å². The molecule has 70 valence electrons. The minimum Gasteiger partial charge on any atom is -0.300 e. The molecule has 1 unspecified atom stereocenters. The van der Waals surface area contributed by atoms with E-state index in [4.69, 9.17) is 7.85 Å². The van der Waals surface area contributed by atoms with Crippen LogP contribution >= 0.6 is 0 Å². The van der Waals surface area contributed by atoms with Gasteiger partial charge in [-0.25, -0.2) is 4.39 Å². The molecule has 0 N–H and O–H groups in total. The maximum Gasteiger partial charge on any atom is 0.134 e. The predicted molar refractivity (Wildman–Crippen MR) is 52.6 cm³/mol. The van der Waals surface area contributed by atoms with Crippen LogP contribution in [0.5, 0.6) is 0 Å². The van der Waals surface area contributed by atoms with Gasteiger partial charge in [0.1, 0.15) is 11.6 Å². The van der Waals surface area contributed by atoms with Crippen LogP contribution in [0, 0.1) is 11.7 Å². The second-order valence-electron chi connectivity index (χ2n) is 3.68. The largest absolute Gasteiger partial charge is 0.300 e. The summed E-state index contributed by atoms with van der Waals surface area (Å²) >= 11 is 0. The van der Waals surface area contributed by atoms with Crippen molar-refractivity contribution in [2.45, 2.75) is 18.7 Å². The lowest BCUT2D eigenvalue weighted by atomic mass is 9.76. The molecular weight excluding hydrogens is 178 g/mol. The van der Waals surface area contributed by atoms with Crippen molar-refractivity contribution >= 4 is 13.6 Å². The van der Waals surface area contributed by atoms with Crippen molar-refractivity contribution in [1.29, 1.82) is 0 Å². The first-order valence-electron chi connectivity index (χ1n) is 4.74. The zero-order valence-corrected chi connectivity index (χ0v) is 7.74. The number of hydrogen-bond acceptors (Lipinski definition) is 1. The van der Waals surface area contributed by atoms with E-state index in [0.717, 1.165) is 12.8 Å². The summed E-state index contributed by atoms with van der Waals surface area (Å²) in [5, 5.41) is 0. The Morgan fingerprint density at radius 1 is 1.43 bits per heavy atom. The van der Waals surface area contributed by atoms with Gasteiger partial charge in [-0.1, -0.05) is 18.2 Å². The molecule has 1 aromatic carbocycles. The van der Waals surface area contributed by atoms with E-state index in [1.165, 1.54) is 6.07 Å². The first kappa shape index (κ1) is 9.44. The molecule has 2 rings (SSSR count). The normalized spacial score (nSPS) is 17.8. The average molecular weight is 188 g/mol. The van der Waals surface area contributed by atoms with E-state index in [0.29, 0.717) is 5.56 Å². The van der Waals surface area contributed by atoms with Crippen LogP contribution in [0.1, 0.15) is 24.2 Å². The van der Waals surface area contributed by atoms with E-state index >= 15 is 0 Å². The van der Waals surface area contributed by atoms with E-state index in [9.17, 15) is 9.18 Å². The van der Waals surface area contributed by atoms with Gasteiger partial charge in [0.05, 0.1) is 7.85 Å². The van der Waals surface area contributed by atoms with Crippen molar-refractivity contribution in [1.82, 2.24) is 0 Å². The molecule has 0 aromatic heterocycles. The molecule has 2 radical (unpaired) electrons. The molecule has 1 aromatic rings. The van der Waals surface area contributed by atoms with E-state index in [2.05, 4.69) is 0 Å². The number of ketones is 1. The van der Waals surface area contributed by atoms with Gasteiger partial charge in [-0.05, 0) is 24.5 Å². The first-order valence-corrected chi connectivity index (χ1v) is 4.74. The molecular formula is C11H10BFO. The fourth-order valence-electron chi connectivity index (χ4n) is 1.50. The average Bonchev–Trinajstić information content (AvgIpc) is 3.00. The van der Waals surface area contributed by atoms with Crippen LogP contribution in [0.2, 0.25) is 0 Å². The zero-order chi connectivity index (χ0) is 10.1. The summed E-state index contributed by atoms with van der Waals surface area (Å²) < 4.78 is 13.3. The van der Waals surface area contributed by atoms with Crippen molar-refractivity contribution in [3.05, 3.63) is 35.6 Å². The monoisotopic (exact) mass is 188 g/mol. The lowest BCUT2D eigenvalue weighted by Gasteiger charge is -2.11. The Labute approximate surface area is 83.7 Å². The Bertz CT molecular complexity index is 360. The van der Waals surface area contributed by atoms with Gasteiger partial charge in [0.2, 0.25) is 0 Å². The Morgan fingerprint density at radius 2 is 2.07 bits per heavy atom. The summed E-state index contributed by atoms with van der Waals surface area (Å²) in [7, 11) is 5.69. The van der Waals surface area contributed by atoms with E-state index in [1.807, 2.05) is 0 Å². The van der Waals surface area contributed by atoms with E-state index in [-0.39, 0.29) is 11.7 Å². The number of rotatable bonds is 3. The molecule has 1 atom stereocenters. The maximum absolute atomic E-state index is 13.3. The molecule has 1 saturated carbocycles. The van der Waals surface area contributed by atoms with Gasteiger partial charge < -0.3 is 0 Å². The Morgan fingerprint density at radius 3 is 2.64 bits per heavy atom. The second kappa shape index (κ2) is 3.56. The van der Waals surface area contributed by atoms with E-state index in [1.54, 1.807) is 18.2 Å². The Balaban J connectivity index is 2.21. The van der Waals surface area contributed by atoms with Gasteiger partial charge in [0.25, 0.3) is 0 Å². The van der Waals surface area contributed by atoms with Crippen molar-refractivity contribution in [2.75, 3.05) is 0 Å². The number of carbonyl (C=O) groups excluding carboxylic acids is 1. The third-order valence-corrected chi connectivity index (χ3v) is 2.53. The molecule has 1 nitrogen and oxygen atoms in total. The van der Waals surface area contributed by atoms with Gasteiger partial charge in [0.15, 0.2) is 0 Å². The van der Waals surface area contributed by atoms with Crippen LogP contribution < -0.4 is 0 Å². The number of halogens is 1. The molecule has 1 fully saturated rings. The summed E-state index contributed by atoms with van der Waals surface area (Å²) in [4.78, 5) is 11.6. The van der Waals surface area contributed by atoms with Crippen LogP contribution in [-0.2, 0) is 4.79 Å². The van der Waals surface area contributed by atoms with Crippen LogP contribution in [0.4, 0.5) is 4.39 Å². The van der Waals surface area contributed by atoms with Crippen molar-refractivity contribution in [2.24, 2.45) is 5.92 Å². The third-order valence-electron chi connectivity index (χ3n) is 2.53. The number of benzene rings is 1. The molecule has 3 heteroatoms. The molecule has 0 amide bonds. The maximum atomic E-state index is 13.3. The third kappa shape index (κ3) is 1.72. The minimum absolute atomic E-state index is 0.0323. The smallest absolute Gasteiger partial charge is 0.134 e. The van der Waals surface area contributed by atoms with Gasteiger partial charge in [0, 0.05) is 11.7 Å². The molecule has 0 heterocycles. The number of carbonyl (C=O) groups is 1. The molecule has 0 spiro atoms. The van der Waals surface area contributed by atoms with Crippen LogP contribution in [0.25, 0.3) is 0 Å². The second-order valence-corrected chi connectivity index (χ2v) is 3.68. The Hall–Kier alpha value is -1.12.